The van der Waals surface area contributed by atoms with Crippen molar-refractivity contribution >= 4 is 11.7 Å². The number of hydrogen-bond donors (Lipinski definition) is 0. The molecule has 0 saturated heterocycles. The van der Waals surface area contributed by atoms with Crippen LogP contribution in [0.1, 0.15) is 43.0 Å². The summed E-state index contributed by atoms with van der Waals surface area (Å²) in [5.74, 6) is 0.431. The van der Waals surface area contributed by atoms with Gasteiger partial charge in [0.05, 0.1) is 5.71 Å². The molecular formula is C33H33NO3. The molecule has 1 atom stereocenters. The predicted octanol–water partition coefficient (Wildman–Crippen LogP) is 7.06. The molecule has 4 nitrogen and oxygen atoms in total. The number of carbonyl (C=O) groups is 1. The van der Waals surface area contributed by atoms with Crippen LogP contribution in [-0.4, -0.2) is 23.3 Å². The summed E-state index contributed by atoms with van der Waals surface area (Å²) in [6, 6.07) is 37.1. The van der Waals surface area contributed by atoms with Crippen molar-refractivity contribution in [2.75, 3.05) is 0 Å². The van der Waals surface area contributed by atoms with Gasteiger partial charge >= 0.3 is 5.97 Å². The molecule has 0 aromatic heterocycles. The van der Waals surface area contributed by atoms with Crippen molar-refractivity contribution < 1.29 is 14.3 Å². The van der Waals surface area contributed by atoms with Gasteiger partial charge in [0.2, 0.25) is 0 Å². The number of esters is 1. The van der Waals surface area contributed by atoms with Crippen LogP contribution in [0.2, 0.25) is 0 Å². The minimum absolute atomic E-state index is 0.346. The Kier molecular flexibility index (Phi) is 8.52. The normalized spacial score (nSPS) is 11.9. The van der Waals surface area contributed by atoms with Crippen LogP contribution in [0.4, 0.5) is 0 Å². The number of carbonyl (C=O) groups excluding carboxylic acids is 1. The Morgan fingerprint density at radius 3 is 1.73 bits per heavy atom. The predicted molar refractivity (Wildman–Crippen MR) is 149 cm³/mol. The molecule has 0 saturated carbocycles. The van der Waals surface area contributed by atoms with E-state index in [0.717, 1.165) is 33.7 Å². The van der Waals surface area contributed by atoms with E-state index in [4.69, 9.17) is 14.5 Å². The van der Waals surface area contributed by atoms with Crippen molar-refractivity contribution in [1.82, 2.24) is 0 Å². The fourth-order valence-corrected chi connectivity index (χ4v) is 3.90. The summed E-state index contributed by atoms with van der Waals surface area (Å²) in [7, 11) is 0. The topological polar surface area (TPSA) is 47.9 Å². The highest BCUT2D eigenvalue weighted by Crippen LogP contribution is 2.20. The second-order valence-electron chi connectivity index (χ2n) is 9.88. The molecule has 0 aliphatic rings. The lowest BCUT2D eigenvalue weighted by Crippen LogP contribution is -2.33. The first kappa shape index (κ1) is 25.9. The van der Waals surface area contributed by atoms with Crippen LogP contribution in [0.25, 0.3) is 0 Å². The van der Waals surface area contributed by atoms with Crippen molar-refractivity contribution in [2.24, 2.45) is 4.99 Å². The Morgan fingerprint density at radius 1 is 0.703 bits per heavy atom. The van der Waals surface area contributed by atoms with E-state index in [-0.39, 0.29) is 5.97 Å². The molecule has 37 heavy (non-hydrogen) atoms. The van der Waals surface area contributed by atoms with E-state index in [9.17, 15) is 4.79 Å². The number of rotatable bonds is 9. The van der Waals surface area contributed by atoms with E-state index in [1.807, 2.05) is 136 Å². The maximum atomic E-state index is 13.3. The Labute approximate surface area is 219 Å². The minimum Gasteiger partial charge on any atom is -0.489 e. The summed E-state index contributed by atoms with van der Waals surface area (Å²) in [4.78, 5) is 18.3. The van der Waals surface area contributed by atoms with Crippen molar-refractivity contribution in [3.8, 4) is 5.75 Å². The van der Waals surface area contributed by atoms with Gasteiger partial charge in [-0.2, -0.15) is 0 Å². The van der Waals surface area contributed by atoms with E-state index in [1.165, 1.54) is 0 Å². The van der Waals surface area contributed by atoms with Crippen molar-refractivity contribution in [1.29, 1.82) is 0 Å². The summed E-state index contributed by atoms with van der Waals surface area (Å²) >= 11 is 0. The average molecular weight is 492 g/mol. The zero-order chi connectivity index (χ0) is 26.1. The zero-order valence-corrected chi connectivity index (χ0v) is 21.6. The van der Waals surface area contributed by atoms with Crippen LogP contribution >= 0.6 is 0 Å². The highest BCUT2D eigenvalue weighted by molar-refractivity contribution is 6.13. The maximum absolute atomic E-state index is 13.3. The molecule has 0 amide bonds. The van der Waals surface area contributed by atoms with E-state index in [2.05, 4.69) is 0 Å². The third kappa shape index (κ3) is 7.91. The molecule has 0 fully saturated rings. The van der Waals surface area contributed by atoms with E-state index < -0.39 is 11.6 Å². The number of benzene rings is 4. The van der Waals surface area contributed by atoms with Gasteiger partial charge in [-0.05, 0) is 44.0 Å². The van der Waals surface area contributed by atoms with Gasteiger partial charge < -0.3 is 9.47 Å². The highest BCUT2D eigenvalue weighted by Gasteiger charge is 2.26. The molecule has 4 aromatic rings. The molecule has 0 aliphatic carbocycles. The summed E-state index contributed by atoms with van der Waals surface area (Å²) in [6.45, 7) is 6.13. The second-order valence-corrected chi connectivity index (χ2v) is 9.88. The van der Waals surface area contributed by atoms with Gasteiger partial charge in [-0.3, -0.25) is 4.99 Å². The third-order valence-electron chi connectivity index (χ3n) is 5.66. The molecule has 0 bridgehead atoms. The Morgan fingerprint density at radius 2 is 1.22 bits per heavy atom. The second kappa shape index (κ2) is 12.2. The molecular weight excluding hydrogens is 458 g/mol. The van der Waals surface area contributed by atoms with Crippen molar-refractivity contribution in [3.63, 3.8) is 0 Å². The summed E-state index contributed by atoms with van der Waals surface area (Å²) in [5, 5.41) is 0. The third-order valence-corrected chi connectivity index (χ3v) is 5.66. The molecule has 0 N–H and O–H groups in total. The van der Waals surface area contributed by atoms with E-state index in [0.29, 0.717) is 13.0 Å². The first-order valence-electron chi connectivity index (χ1n) is 12.5. The molecule has 0 heterocycles. The Balaban J connectivity index is 1.60. The fraction of sp³-hybridized carbons (Fsp3) is 0.212. The van der Waals surface area contributed by atoms with Gasteiger partial charge in [-0.1, -0.05) is 103 Å². The van der Waals surface area contributed by atoms with Crippen LogP contribution in [0.5, 0.6) is 5.75 Å². The van der Waals surface area contributed by atoms with Crippen molar-refractivity contribution in [2.45, 2.75) is 45.4 Å². The summed E-state index contributed by atoms with van der Waals surface area (Å²) in [6.07, 6.45) is 0.414. The van der Waals surface area contributed by atoms with Gasteiger partial charge in [-0.15, -0.1) is 0 Å². The largest absolute Gasteiger partial charge is 0.489 e. The number of aliphatic imine (C=N–C) groups is 1. The standard InChI is InChI=1S/C33H33NO3/c1-33(2,3)37-32(35)30(34-31(27-15-9-5-10-16-27)28-17-11-6-12-18-28)23-25-19-21-29(22-20-25)36-24-26-13-7-4-8-14-26/h4-22,30H,23-24H2,1-3H3/t30-/m0/s1. The molecule has 4 aromatic carbocycles. The van der Waals surface area contributed by atoms with Gasteiger partial charge in [0.15, 0.2) is 6.04 Å². The minimum atomic E-state index is -0.703. The number of hydrogen-bond acceptors (Lipinski definition) is 4. The van der Waals surface area contributed by atoms with E-state index >= 15 is 0 Å². The molecule has 0 spiro atoms. The first-order chi connectivity index (χ1) is 17.9. The highest BCUT2D eigenvalue weighted by atomic mass is 16.6. The van der Waals surface area contributed by atoms with Crippen LogP contribution in [-0.2, 0) is 22.6 Å². The molecule has 4 rings (SSSR count). The van der Waals surface area contributed by atoms with Crippen LogP contribution in [0.3, 0.4) is 0 Å². The quantitative estimate of drug-likeness (QED) is 0.186. The van der Waals surface area contributed by atoms with Gasteiger partial charge in [0.1, 0.15) is 18.0 Å². The maximum Gasteiger partial charge on any atom is 0.331 e. The Hall–Kier alpha value is -4.18. The molecule has 188 valence electrons. The molecule has 0 radical (unpaired) electrons. The van der Waals surface area contributed by atoms with Gasteiger partial charge in [-0.25, -0.2) is 4.79 Å². The van der Waals surface area contributed by atoms with Gasteiger partial charge in [0, 0.05) is 17.5 Å². The first-order valence-corrected chi connectivity index (χ1v) is 12.5. The van der Waals surface area contributed by atoms with Crippen LogP contribution in [0, 0.1) is 0 Å². The summed E-state index contributed by atoms with van der Waals surface area (Å²) in [5.41, 5.74) is 4.14. The lowest BCUT2D eigenvalue weighted by atomic mass is 10.0. The smallest absolute Gasteiger partial charge is 0.331 e. The van der Waals surface area contributed by atoms with Crippen molar-refractivity contribution in [3.05, 3.63) is 138 Å². The SMILES string of the molecule is CC(C)(C)OC(=O)[C@H](Cc1ccc(OCc2ccccc2)cc1)N=C(c1ccccc1)c1ccccc1. The van der Waals surface area contributed by atoms with E-state index in [1.54, 1.807) is 0 Å². The van der Waals surface area contributed by atoms with Gasteiger partial charge in [0.25, 0.3) is 0 Å². The van der Waals surface area contributed by atoms with Crippen LogP contribution < -0.4 is 4.74 Å². The number of ether oxygens (including phenoxy) is 2. The Bertz CT molecular complexity index is 1250. The molecule has 4 heteroatoms. The average Bonchev–Trinajstić information content (AvgIpc) is 2.91. The zero-order valence-electron chi connectivity index (χ0n) is 21.6. The van der Waals surface area contributed by atoms with Crippen LogP contribution in [0.15, 0.2) is 120 Å². The molecule has 0 unspecified atom stereocenters. The fourth-order valence-electron chi connectivity index (χ4n) is 3.90. The lowest BCUT2D eigenvalue weighted by Gasteiger charge is -2.23. The summed E-state index contributed by atoms with van der Waals surface area (Å²) < 4.78 is 11.7. The monoisotopic (exact) mass is 491 g/mol. The molecule has 0 aliphatic heterocycles. The lowest BCUT2D eigenvalue weighted by molar-refractivity contribution is -0.156. The number of nitrogens with zero attached hydrogens (tertiary/aromatic N) is 1.